The number of benzene rings is 2. The Hall–Kier alpha value is -2.90. The van der Waals surface area contributed by atoms with Gasteiger partial charge in [0.25, 0.3) is 11.8 Å². The van der Waals surface area contributed by atoms with Gasteiger partial charge in [-0.1, -0.05) is 29.8 Å². The van der Waals surface area contributed by atoms with Crippen LogP contribution in [0.2, 0.25) is 5.02 Å². The van der Waals surface area contributed by atoms with Crippen molar-refractivity contribution in [2.45, 2.75) is 62.3 Å². The Morgan fingerprint density at radius 1 is 1.00 bits per heavy atom. The van der Waals surface area contributed by atoms with E-state index in [1.165, 1.54) is 5.56 Å². The first-order valence-corrected chi connectivity index (χ1v) is 13.3. The molecule has 2 aliphatic carbocycles. The highest BCUT2D eigenvalue weighted by Crippen LogP contribution is 2.49. The molecule has 7 nitrogen and oxygen atoms in total. The largest absolute Gasteiger partial charge is 0.489 e. The van der Waals surface area contributed by atoms with Crippen LogP contribution in [0.5, 0.6) is 5.75 Å². The molecule has 0 spiro atoms. The SMILES string of the molecule is O=C1NC(=O)C2(N3Cc4cc(O[C@H]5CCC[C@@H]5N5CC(c6ccccc6Cl)C5)ccc4C3=O)CC1C2. The zero-order valence-corrected chi connectivity index (χ0v) is 20.7. The predicted molar refractivity (Wildman–Crippen MR) is 133 cm³/mol. The predicted octanol–water partition coefficient (Wildman–Crippen LogP) is 3.50. The molecule has 2 aromatic rings. The van der Waals surface area contributed by atoms with Gasteiger partial charge in [0, 0.05) is 48.1 Å². The van der Waals surface area contributed by atoms with Gasteiger partial charge in [-0.25, -0.2) is 0 Å². The van der Waals surface area contributed by atoms with E-state index in [9.17, 15) is 14.4 Å². The molecule has 4 aliphatic heterocycles. The molecule has 186 valence electrons. The average Bonchev–Trinajstić information content (AvgIpc) is 3.37. The number of carbonyl (C=O) groups is 3. The van der Waals surface area contributed by atoms with Crippen LogP contribution in [-0.2, 0) is 16.1 Å². The Kier molecular flexibility index (Phi) is 4.99. The fourth-order valence-electron chi connectivity index (χ4n) is 6.94. The Morgan fingerprint density at radius 2 is 1.81 bits per heavy atom. The highest BCUT2D eigenvalue weighted by Gasteiger charge is 2.63. The van der Waals surface area contributed by atoms with E-state index in [2.05, 4.69) is 16.3 Å². The van der Waals surface area contributed by atoms with Gasteiger partial charge in [0.05, 0.1) is 0 Å². The van der Waals surface area contributed by atoms with Crippen molar-refractivity contribution in [3.05, 3.63) is 64.2 Å². The molecule has 8 heteroatoms. The number of rotatable bonds is 5. The van der Waals surface area contributed by atoms with Crippen LogP contribution < -0.4 is 10.1 Å². The Labute approximate surface area is 214 Å². The van der Waals surface area contributed by atoms with Crippen molar-refractivity contribution in [3.8, 4) is 5.75 Å². The summed E-state index contributed by atoms with van der Waals surface area (Å²) in [6.45, 7) is 2.37. The van der Waals surface area contributed by atoms with E-state index in [4.69, 9.17) is 16.3 Å². The van der Waals surface area contributed by atoms with Crippen LogP contribution in [0.4, 0.5) is 0 Å². The summed E-state index contributed by atoms with van der Waals surface area (Å²) in [6.07, 6.45) is 4.24. The van der Waals surface area contributed by atoms with Crippen LogP contribution in [0.25, 0.3) is 0 Å². The third-order valence-corrected chi connectivity index (χ3v) is 9.37. The van der Waals surface area contributed by atoms with Gasteiger partial charge >= 0.3 is 0 Å². The quantitative estimate of drug-likeness (QED) is 0.629. The molecule has 0 radical (unpaired) electrons. The molecule has 4 heterocycles. The molecule has 8 rings (SSSR count). The van der Waals surface area contributed by atoms with Crippen molar-refractivity contribution in [2.24, 2.45) is 5.92 Å². The first kappa shape index (κ1) is 22.3. The number of ether oxygens (including phenoxy) is 1. The van der Waals surface area contributed by atoms with Gasteiger partial charge in [-0.05, 0) is 67.5 Å². The first-order valence-electron chi connectivity index (χ1n) is 12.9. The number of hydrogen-bond donors (Lipinski definition) is 1. The third kappa shape index (κ3) is 3.25. The number of nitrogens with zero attached hydrogens (tertiary/aromatic N) is 2. The maximum absolute atomic E-state index is 13.2. The minimum absolute atomic E-state index is 0.115. The maximum atomic E-state index is 13.2. The summed E-state index contributed by atoms with van der Waals surface area (Å²) >= 11 is 6.41. The summed E-state index contributed by atoms with van der Waals surface area (Å²) in [5.41, 5.74) is 1.85. The van der Waals surface area contributed by atoms with Crippen LogP contribution >= 0.6 is 11.6 Å². The number of piperidine rings is 2. The van der Waals surface area contributed by atoms with E-state index in [-0.39, 0.29) is 29.7 Å². The van der Waals surface area contributed by atoms with E-state index < -0.39 is 5.54 Å². The fourth-order valence-corrected chi connectivity index (χ4v) is 7.23. The van der Waals surface area contributed by atoms with Crippen LogP contribution in [0, 0.1) is 5.92 Å². The fraction of sp³-hybridized carbons (Fsp3) is 0.464. The van der Waals surface area contributed by atoms with Crippen LogP contribution in [0.1, 0.15) is 59.5 Å². The summed E-state index contributed by atoms with van der Waals surface area (Å²) in [5, 5.41) is 3.28. The Morgan fingerprint density at radius 3 is 2.58 bits per heavy atom. The summed E-state index contributed by atoms with van der Waals surface area (Å²) in [6, 6.07) is 14.2. The molecule has 0 unspecified atom stereocenters. The van der Waals surface area contributed by atoms with Gasteiger partial charge in [0.1, 0.15) is 17.4 Å². The number of hydrogen-bond acceptors (Lipinski definition) is 5. The standard InChI is InChI=1S/C28H28ClN3O4/c29-22-5-2-1-4-20(22)18-13-31(14-18)23-6-3-7-24(23)36-19-8-9-21-16(10-19)15-32(26(21)34)28-11-17(12-28)25(33)30-27(28)35/h1-2,4-5,8-10,17-18,23-24H,3,6-7,11-15H2,(H,30,33,35)/t17?,23-,24-,28?/m0/s1. The number of amides is 3. The van der Waals surface area contributed by atoms with E-state index in [1.54, 1.807) is 4.90 Å². The van der Waals surface area contributed by atoms with Crippen molar-refractivity contribution in [2.75, 3.05) is 13.1 Å². The molecule has 2 aromatic carbocycles. The van der Waals surface area contributed by atoms with Crippen molar-refractivity contribution >= 4 is 29.3 Å². The van der Waals surface area contributed by atoms with E-state index in [1.807, 2.05) is 36.4 Å². The molecule has 0 aromatic heterocycles. The smallest absolute Gasteiger partial charge is 0.255 e. The number of carbonyl (C=O) groups excluding carboxylic acids is 3. The van der Waals surface area contributed by atoms with Crippen LogP contribution in [-0.4, -0.2) is 58.3 Å². The molecule has 36 heavy (non-hydrogen) atoms. The molecular weight excluding hydrogens is 478 g/mol. The van der Waals surface area contributed by atoms with E-state index in [0.29, 0.717) is 36.9 Å². The minimum Gasteiger partial charge on any atom is -0.489 e. The Balaban J connectivity index is 1.03. The number of imide groups is 1. The van der Waals surface area contributed by atoms with Gasteiger partial charge in [0.15, 0.2) is 0 Å². The molecule has 2 bridgehead atoms. The van der Waals surface area contributed by atoms with Crippen molar-refractivity contribution in [1.82, 2.24) is 15.1 Å². The van der Waals surface area contributed by atoms with Gasteiger partial charge in [-0.15, -0.1) is 0 Å². The molecular formula is C28H28ClN3O4. The lowest BCUT2D eigenvalue weighted by molar-refractivity contribution is -0.160. The molecule has 5 fully saturated rings. The molecule has 3 amide bonds. The topological polar surface area (TPSA) is 79.0 Å². The lowest BCUT2D eigenvalue weighted by Crippen LogP contribution is -2.73. The summed E-state index contributed by atoms with van der Waals surface area (Å²) < 4.78 is 6.50. The Bertz CT molecular complexity index is 1280. The molecule has 2 atom stereocenters. The van der Waals surface area contributed by atoms with Crippen LogP contribution in [0.3, 0.4) is 0 Å². The number of likely N-dealkylation sites (tertiary alicyclic amines) is 1. The number of halogens is 1. The second-order valence-electron chi connectivity index (χ2n) is 11.0. The van der Waals surface area contributed by atoms with Crippen LogP contribution in [0.15, 0.2) is 42.5 Å². The van der Waals surface area contributed by atoms with E-state index in [0.717, 1.165) is 48.7 Å². The summed E-state index contributed by atoms with van der Waals surface area (Å²) in [7, 11) is 0. The third-order valence-electron chi connectivity index (χ3n) is 9.02. The van der Waals surface area contributed by atoms with E-state index >= 15 is 0 Å². The zero-order valence-electron chi connectivity index (χ0n) is 19.9. The second-order valence-corrected chi connectivity index (χ2v) is 11.4. The summed E-state index contributed by atoms with van der Waals surface area (Å²) in [4.78, 5) is 41.8. The lowest BCUT2D eigenvalue weighted by Gasteiger charge is -2.53. The van der Waals surface area contributed by atoms with Gasteiger partial charge in [0.2, 0.25) is 5.91 Å². The molecule has 3 saturated heterocycles. The highest BCUT2D eigenvalue weighted by molar-refractivity contribution is 6.31. The van der Waals surface area contributed by atoms with Crippen molar-refractivity contribution in [3.63, 3.8) is 0 Å². The van der Waals surface area contributed by atoms with Crippen molar-refractivity contribution < 1.29 is 19.1 Å². The van der Waals surface area contributed by atoms with Gasteiger partial charge < -0.3 is 9.64 Å². The first-order chi connectivity index (χ1) is 17.4. The zero-order chi connectivity index (χ0) is 24.6. The summed E-state index contributed by atoms with van der Waals surface area (Å²) in [5.74, 6) is 0.380. The number of fused-ring (bicyclic) bond motifs is 3. The lowest BCUT2D eigenvalue weighted by atomic mass is 9.63. The van der Waals surface area contributed by atoms with Gasteiger partial charge in [-0.3, -0.25) is 24.6 Å². The van der Waals surface area contributed by atoms with Gasteiger partial charge in [-0.2, -0.15) is 0 Å². The molecule has 1 N–H and O–H groups in total. The minimum atomic E-state index is -0.887. The average molecular weight is 506 g/mol. The maximum Gasteiger partial charge on any atom is 0.255 e. The monoisotopic (exact) mass is 505 g/mol. The number of nitrogens with one attached hydrogen (secondary N) is 1. The molecule has 6 aliphatic rings. The second kappa shape index (κ2) is 8.05. The van der Waals surface area contributed by atoms with Crippen molar-refractivity contribution in [1.29, 1.82) is 0 Å². The normalized spacial score (nSPS) is 31.6. The highest BCUT2D eigenvalue weighted by atomic mass is 35.5. The molecule has 2 saturated carbocycles.